The average Bonchev–Trinajstić information content (AvgIpc) is 2.77. The van der Waals surface area contributed by atoms with E-state index in [1.54, 1.807) is 11.3 Å². The van der Waals surface area contributed by atoms with Gasteiger partial charge in [-0.2, -0.15) is 0 Å². The van der Waals surface area contributed by atoms with E-state index in [1.165, 1.54) is 9.88 Å². The van der Waals surface area contributed by atoms with Gasteiger partial charge in [0.2, 0.25) is 0 Å². The largest absolute Gasteiger partial charge is 0.389 e. The molecule has 0 aliphatic heterocycles. The van der Waals surface area contributed by atoms with Gasteiger partial charge in [-0.05, 0) is 34.7 Å². The van der Waals surface area contributed by atoms with Crippen molar-refractivity contribution in [3.63, 3.8) is 0 Å². The van der Waals surface area contributed by atoms with Crippen LogP contribution in [0.1, 0.15) is 62.2 Å². The Balaban J connectivity index is 2.63. The summed E-state index contributed by atoms with van der Waals surface area (Å²) in [5.41, 5.74) is 1.11. The van der Waals surface area contributed by atoms with Gasteiger partial charge in [-0.25, -0.2) is 4.98 Å². The first-order chi connectivity index (χ1) is 9.72. The summed E-state index contributed by atoms with van der Waals surface area (Å²) >= 11 is 1.78. The number of hydrogen-bond donors (Lipinski definition) is 1. The van der Waals surface area contributed by atoms with E-state index >= 15 is 0 Å². The lowest BCUT2D eigenvalue weighted by Gasteiger charge is -2.26. The molecule has 0 saturated carbocycles. The Morgan fingerprint density at radius 3 is 2.33 bits per heavy atom. The average molecular weight is 314 g/mol. The van der Waals surface area contributed by atoms with Crippen LogP contribution in [-0.4, -0.2) is 47.4 Å². The van der Waals surface area contributed by atoms with Gasteiger partial charge in [0.15, 0.2) is 0 Å². The standard InChI is InChI=1S/C16H30N2O2S/c1-10(2)16-17-12(5)15(21-16)13(6)18(7)8-14(19)9-20-11(3)4/h10-11,13-14,19H,8-9H2,1-7H3. The zero-order valence-electron chi connectivity index (χ0n) is 14.4. The van der Waals surface area contributed by atoms with E-state index < -0.39 is 6.10 Å². The number of thiazole rings is 1. The summed E-state index contributed by atoms with van der Waals surface area (Å²) in [6.45, 7) is 13.5. The second-order valence-corrected chi connectivity index (χ2v) is 7.37. The molecule has 21 heavy (non-hydrogen) atoms. The Hall–Kier alpha value is -0.490. The van der Waals surface area contributed by atoms with Crippen molar-refractivity contribution in [2.75, 3.05) is 20.2 Å². The van der Waals surface area contributed by atoms with Crippen LogP contribution in [-0.2, 0) is 4.74 Å². The van der Waals surface area contributed by atoms with Gasteiger partial charge in [-0.3, -0.25) is 4.90 Å². The molecule has 0 aliphatic carbocycles. The number of ether oxygens (including phenoxy) is 1. The van der Waals surface area contributed by atoms with Crippen molar-refractivity contribution in [2.45, 2.75) is 65.7 Å². The molecule has 0 aliphatic rings. The highest BCUT2D eigenvalue weighted by atomic mass is 32.1. The lowest BCUT2D eigenvalue weighted by atomic mass is 10.2. The molecular weight excluding hydrogens is 284 g/mol. The van der Waals surface area contributed by atoms with Gasteiger partial charge in [0.05, 0.1) is 29.5 Å². The summed E-state index contributed by atoms with van der Waals surface area (Å²) in [6.07, 6.45) is -0.308. The molecule has 4 nitrogen and oxygen atoms in total. The first-order valence-corrected chi connectivity index (χ1v) is 8.51. The van der Waals surface area contributed by atoms with Crippen LogP contribution in [0.5, 0.6) is 0 Å². The van der Waals surface area contributed by atoms with Crippen LogP contribution < -0.4 is 0 Å². The topological polar surface area (TPSA) is 45.6 Å². The second kappa shape index (κ2) is 8.22. The van der Waals surface area contributed by atoms with Crippen molar-refractivity contribution in [3.8, 4) is 0 Å². The highest BCUT2D eigenvalue weighted by molar-refractivity contribution is 7.11. The van der Waals surface area contributed by atoms with Crippen molar-refractivity contribution in [1.82, 2.24) is 9.88 Å². The first kappa shape index (κ1) is 18.6. The van der Waals surface area contributed by atoms with E-state index in [1.807, 2.05) is 20.9 Å². The Bertz CT molecular complexity index is 432. The van der Waals surface area contributed by atoms with Crippen LogP contribution >= 0.6 is 11.3 Å². The van der Waals surface area contributed by atoms with Crippen molar-refractivity contribution in [3.05, 3.63) is 15.6 Å². The second-order valence-electron chi connectivity index (χ2n) is 6.31. The summed E-state index contributed by atoms with van der Waals surface area (Å²) in [6, 6.07) is 0.253. The predicted octanol–water partition coefficient (Wildman–Crippen LogP) is 3.35. The van der Waals surface area contributed by atoms with Gasteiger partial charge in [0.1, 0.15) is 0 Å². The number of nitrogens with zero attached hydrogens (tertiary/aromatic N) is 2. The minimum Gasteiger partial charge on any atom is -0.389 e. The molecule has 1 aromatic heterocycles. The van der Waals surface area contributed by atoms with Crippen molar-refractivity contribution in [2.24, 2.45) is 0 Å². The van der Waals surface area contributed by atoms with Crippen LogP contribution in [0, 0.1) is 6.92 Å². The van der Waals surface area contributed by atoms with Gasteiger partial charge < -0.3 is 9.84 Å². The summed E-state index contributed by atoms with van der Waals surface area (Å²) in [5, 5.41) is 11.2. The Morgan fingerprint density at radius 2 is 1.86 bits per heavy atom. The fourth-order valence-corrected chi connectivity index (χ4v) is 3.30. The minimum atomic E-state index is -0.461. The monoisotopic (exact) mass is 314 g/mol. The molecule has 0 spiro atoms. The predicted molar refractivity (Wildman–Crippen MR) is 89.1 cm³/mol. The number of aryl methyl sites for hydroxylation is 1. The van der Waals surface area contributed by atoms with Crippen LogP contribution in [0.4, 0.5) is 0 Å². The van der Waals surface area contributed by atoms with E-state index in [0.717, 1.165) is 5.69 Å². The van der Waals surface area contributed by atoms with Crippen molar-refractivity contribution < 1.29 is 9.84 Å². The molecule has 5 heteroatoms. The van der Waals surface area contributed by atoms with Crippen molar-refractivity contribution in [1.29, 1.82) is 0 Å². The molecule has 1 rings (SSSR count). The molecule has 122 valence electrons. The van der Waals surface area contributed by atoms with Crippen LogP contribution in [0.15, 0.2) is 0 Å². The van der Waals surface area contributed by atoms with E-state index in [-0.39, 0.29) is 12.1 Å². The molecule has 1 N–H and O–H groups in total. The summed E-state index contributed by atoms with van der Waals surface area (Å²) in [5.74, 6) is 0.463. The third-order valence-electron chi connectivity index (χ3n) is 3.50. The van der Waals surface area contributed by atoms with Crippen LogP contribution in [0.25, 0.3) is 0 Å². The molecule has 0 radical (unpaired) electrons. The molecule has 1 heterocycles. The number of rotatable bonds is 8. The smallest absolute Gasteiger partial charge is 0.0956 e. The quantitative estimate of drug-likeness (QED) is 0.799. The normalized spacial score (nSPS) is 15.2. The molecule has 0 amide bonds. The van der Waals surface area contributed by atoms with E-state index in [2.05, 4.69) is 37.6 Å². The Labute approximate surface area is 133 Å². The SMILES string of the molecule is Cc1nc(C(C)C)sc1C(C)N(C)CC(O)COC(C)C. The number of hydrogen-bond acceptors (Lipinski definition) is 5. The summed E-state index contributed by atoms with van der Waals surface area (Å²) in [7, 11) is 2.04. The van der Waals surface area contributed by atoms with Crippen LogP contribution in [0.3, 0.4) is 0 Å². The first-order valence-electron chi connectivity index (χ1n) is 7.69. The maximum absolute atomic E-state index is 10.0. The van der Waals surface area contributed by atoms with Gasteiger partial charge in [0, 0.05) is 23.4 Å². The highest BCUT2D eigenvalue weighted by Crippen LogP contribution is 2.31. The summed E-state index contributed by atoms with van der Waals surface area (Å²) in [4.78, 5) is 8.11. The van der Waals surface area contributed by atoms with Crippen LogP contribution in [0.2, 0.25) is 0 Å². The third-order valence-corrected chi connectivity index (χ3v) is 5.13. The fraction of sp³-hybridized carbons (Fsp3) is 0.812. The lowest BCUT2D eigenvalue weighted by Crippen LogP contribution is -2.34. The zero-order chi connectivity index (χ0) is 16.2. The lowest BCUT2D eigenvalue weighted by molar-refractivity contribution is -0.00937. The van der Waals surface area contributed by atoms with Crippen molar-refractivity contribution >= 4 is 11.3 Å². The number of likely N-dealkylation sites (N-methyl/N-ethyl adjacent to an activating group) is 1. The van der Waals surface area contributed by atoms with E-state index in [0.29, 0.717) is 19.1 Å². The molecule has 2 atom stereocenters. The maximum atomic E-state index is 10.0. The Morgan fingerprint density at radius 1 is 1.24 bits per heavy atom. The fourth-order valence-electron chi connectivity index (χ4n) is 2.11. The molecule has 0 bridgehead atoms. The number of aliphatic hydroxyl groups is 1. The molecular formula is C16H30N2O2S. The zero-order valence-corrected chi connectivity index (χ0v) is 15.2. The van der Waals surface area contributed by atoms with Gasteiger partial charge in [-0.15, -0.1) is 11.3 Å². The Kier molecular flexibility index (Phi) is 7.27. The molecule has 0 aromatic carbocycles. The molecule has 0 fully saturated rings. The molecule has 1 aromatic rings. The summed E-state index contributed by atoms with van der Waals surface area (Å²) < 4.78 is 5.46. The van der Waals surface area contributed by atoms with E-state index in [9.17, 15) is 5.11 Å². The van der Waals surface area contributed by atoms with E-state index in [4.69, 9.17) is 4.74 Å². The molecule has 0 saturated heterocycles. The molecule has 2 unspecified atom stereocenters. The highest BCUT2D eigenvalue weighted by Gasteiger charge is 2.21. The van der Waals surface area contributed by atoms with Gasteiger partial charge in [-0.1, -0.05) is 13.8 Å². The van der Waals surface area contributed by atoms with Gasteiger partial charge >= 0.3 is 0 Å². The third kappa shape index (κ3) is 5.66. The minimum absolute atomic E-state index is 0.153. The number of aliphatic hydroxyl groups excluding tert-OH is 1. The van der Waals surface area contributed by atoms with Gasteiger partial charge in [0.25, 0.3) is 0 Å². The number of aromatic nitrogens is 1. The maximum Gasteiger partial charge on any atom is 0.0956 e.